The van der Waals surface area contributed by atoms with Gasteiger partial charge in [-0.1, -0.05) is 42.5 Å². The number of amides is 1. The summed E-state index contributed by atoms with van der Waals surface area (Å²) in [5.74, 6) is -0.954. The van der Waals surface area contributed by atoms with E-state index < -0.39 is 17.5 Å². The number of halogens is 1. The Labute approximate surface area is 178 Å². The maximum Gasteiger partial charge on any atom is 0.409 e. The van der Waals surface area contributed by atoms with Crippen molar-refractivity contribution in [3.63, 3.8) is 0 Å². The molecule has 150 valence electrons. The summed E-state index contributed by atoms with van der Waals surface area (Å²) in [5, 5.41) is 9.68. The summed E-state index contributed by atoms with van der Waals surface area (Å²) in [6.45, 7) is 2.36. The standard InChI is InChI=1S/C21H24INO5/c1-21(19(24)25,17-9-6-10-18(22)13-17)15-27-12-11-23(2)20(26)28-14-16-7-4-3-5-8-16/h3-10,13H,11-12,14-15H2,1-2H3,(H,24,25). The highest BCUT2D eigenvalue weighted by atomic mass is 127. The zero-order valence-electron chi connectivity index (χ0n) is 15.9. The Morgan fingerprint density at radius 2 is 1.86 bits per heavy atom. The summed E-state index contributed by atoms with van der Waals surface area (Å²) in [6, 6.07) is 16.8. The Kier molecular flexibility index (Phi) is 8.25. The van der Waals surface area contributed by atoms with Crippen LogP contribution in [0.3, 0.4) is 0 Å². The number of carboxylic acid groups (broad SMARTS) is 1. The number of ether oxygens (including phenoxy) is 2. The molecule has 0 bridgehead atoms. The van der Waals surface area contributed by atoms with E-state index in [-0.39, 0.29) is 19.8 Å². The van der Waals surface area contributed by atoms with E-state index >= 15 is 0 Å². The van der Waals surface area contributed by atoms with Crippen molar-refractivity contribution in [2.45, 2.75) is 18.9 Å². The van der Waals surface area contributed by atoms with Crippen LogP contribution in [0.25, 0.3) is 0 Å². The normalized spacial score (nSPS) is 12.8. The lowest BCUT2D eigenvalue weighted by Crippen LogP contribution is -2.38. The third-order valence-electron chi connectivity index (χ3n) is 4.41. The summed E-state index contributed by atoms with van der Waals surface area (Å²) in [4.78, 5) is 25.3. The molecule has 1 atom stereocenters. The number of benzene rings is 2. The van der Waals surface area contributed by atoms with E-state index in [4.69, 9.17) is 9.47 Å². The van der Waals surface area contributed by atoms with Crippen LogP contribution in [-0.4, -0.2) is 48.9 Å². The maximum atomic E-state index is 12.0. The zero-order valence-corrected chi connectivity index (χ0v) is 18.1. The van der Waals surface area contributed by atoms with Gasteiger partial charge in [-0.3, -0.25) is 4.79 Å². The Morgan fingerprint density at radius 3 is 2.50 bits per heavy atom. The van der Waals surface area contributed by atoms with Gasteiger partial charge in [0, 0.05) is 17.2 Å². The van der Waals surface area contributed by atoms with Crippen LogP contribution in [0.2, 0.25) is 0 Å². The molecule has 0 spiro atoms. The number of aliphatic carboxylic acids is 1. The summed E-state index contributed by atoms with van der Waals surface area (Å²) in [5.41, 5.74) is 0.436. The summed E-state index contributed by atoms with van der Waals surface area (Å²) in [7, 11) is 1.62. The topological polar surface area (TPSA) is 76.1 Å². The Morgan fingerprint density at radius 1 is 1.14 bits per heavy atom. The minimum Gasteiger partial charge on any atom is -0.481 e. The molecular weight excluding hydrogens is 473 g/mol. The molecule has 2 aromatic rings. The van der Waals surface area contributed by atoms with Gasteiger partial charge in [-0.15, -0.1) is 0 Å². The molecule has 7 heteroatoms. The third-order valence-corrected chi connectivity index (χ3v) is 5.08. The fourth-order valence-electron chi connectivity index (χ4n) is 2.50. The number of likely N-dealkylation sites (N-methyl/N-ethyl adjacent to an activating group) is 1. The smallest absolute Gasteiger partial charge is 0.409 e. The van der Waals surface area contributed by atoms with Gasteiger partial charge in [0.1, 0.15) is 12.0 Å². The van der Waals surface area contributed by atoms with Crippen LogP contribution in [0.5, 0.6) is 0 Å². The highest BCUT2D eigenvalue weighted by Crippen LogP contribution is 2.26. The Balaban J connectivity index is 1.81. The van der Waals surface area contributed by atoms with Crippen molar-refractivity contribution in [1.29, 1.82) is 0 Å². The van der Waals surface area contributed by atoms with Crippen molar-refractivity contribution < 1.29 is 24.2 Å². The second-order valence-corrected chi connectivity index (χ2v) is 7.91. The molecule has 0 aliphatic heterocycles. The first-order valence-electron chi connectivity index (χ1n) is 8.82. The van der Waals surface area contributed by atoms with Crippen molar-refractivity contribution in [2.75, 3.05) is 26.8 Å². The molecule has 1 amide bonds. The van der Waals surface area contributed by atoms with Crippen LogP contribution in [-0.2, 0) is 26.3 Å². The van der Waals surface area contributed by atoms with Gasteiger partial charge >= 0.3 is 12.1 Å². The van der Waals surface area contributed by atoms with Crippen LogP contribution >= 0.6 is 22.6 Å². The van der Waals surface area contributed by atoms with Gasteiger partial charge in [-0.05, 0) is 52.8 Å². The highest BCUT2D eigenvalue weighted by Gasteiger charge is 2.35. The van der Waals surface area contributed by atoms with Gasteiger partial charge in [0.2, 0.25) is 0 Å². The number of nitrogens with zero attached hydrogens (tertiary/aromatic N) is 1. The first-order chi connectivity index (χ1) is 13.3. The van der Waals surface area contributed by atoms with Gasteiger partial charge < -0.3 is 19.5 Å². The van der Waals surface area contributed by atoms with Gasteiger partial charge in [0.15, 0.2) is 0 Å². The summed E-state index contributed by atoms with van der Waals surface area (Å²) in [6.07, 6.45) is -0.453. The highest BCUT2D eigenvalue weighted by molar-refractivity contribution is 14.1. The largest absolute Gasteiger partial charge is 0.481 e. The monoisotopic (exact) mass is 497 g/mol. The summed E-state index contributed by atoms with van der Waals surface area (Å²) < 4.78 is 11.8. The average Bonchev–Trinajstić information content (AvgIpc) is 2.69. The van der Waals surface area contributed by atoms with Gasteiger partial charge in [-0.25, -0.2) is 4.79 Å². The molecule has 1 unspecified atom stereocenters. The molecule has 6 nitrogen and oxygen atoms in total. The molecule has 0 saturated carbocycles. The average molecular weight is 497 g/mol. The van der Waals surface area contributed by atoms with Gasteiger partial charge in [0.05, 0.1) is 13.2 Å². The van der Waals surface area contributed by atoms with Crippen molar-refractivity contribution in [1.82, 2.24) is 4.90 Å². The van der Waals surface area contributed by atoms with Crippen LogP contribution < -0.4 is 0 Å². The second kappa shape index (κ2) is 10.4. The SMILES string of the molecule is CN(CCOCC(C)(C(=O)O)c1cccc(I)c1)C(=O)OCc1ccccc1. The lowest BCUT2D eigenvalue weighted by atomic mass is 9.83. The molecular formula is C21H24INO5. The lowest BCUT2D eigenvalue weighted by Gasteiger charge is -2.26. The van der Waals surface area contributed by atoms with Crippen molar-refractivity contribution >= 4 is 34.7 Å². The van der Waals surface area contributed by atoms with Crippen molar-refractivity contribution in [3.8, 4) is 0 Å². The predicted octanol–water partition coefficient (Wildman–Crippen LogP) is 3.92. The Bertz CT molecular complexity index is 798. The molecule has 28 heavy (non-hydrogen) atoms. The first kappa shape index (κ1) is 22.2. The summed E-state index contributed by atoms with van der Waals surface area (Å²) >= 11 is 2.15. The molecule has 0 aliphatic carbocycles. The van der Waals surface area contributed by atoms with E-state index in [1.807, 2.05) is 48.5 Å². The molecule has 0 aromatic heterocycles. The Hall–Kier alpha value is -2.13. The molecule has 0 aliphatic rings. The molecule has 0 fully saturated rings. The molecule has 2 aromatic carbocycles. The van der Waals surface area contributed by atoms with Crippen LogP contribution in [0.15, 0.2) is 54.6 Å². The van der Waals surface area contributed by atoms with Crippen LogP contribution in [0.1, 0.15) is 18.1 Å². The van der Waals surface area contributed by atoms with Crippen LogP contribution in [0, 0.1) is 3.57 Å². The molecule has 2 rings (SSSR count). The van der Waals surface area contributed by atoms with Crippen LogP contribution in [0.4, 0.5) is 4.79 Å². The van der Waals surface area contributed by atoms with E-state index in [2.05, 4.69) is 22.6 Å². The van der Waals surface area contributed by atoms with Gasteiger partial charge in [-0.2, -0.15) is 0 Å². The predicted molar refractivity (Wildman–Crippen MR) is 114 cm³/mol. The first-order valence-corrected chi connectivity index (χ1v) is 9.90. The minimum atomic E-state index is -1.16. The number of hydrogen-bond acceptors (Lipinski definition) is 4. The van der Waals surface area contributed by atoms with E-state index in [1.54, 1.807) is 20.0 Å². The molecule has 0 radical (unpaired) electrons. The third kappa shape index (κ3) is 6.20. The van der Waals surface area contributed by atoms with Crippen molar-refractivity contribution in [3.05, 3.63) is 69.3 Å². The maximum absolute atomic E-state index is 12.0. The number of carbonyl (C=O) groups excluding carboxylic acids is 1. The van der Waals surface area contributed by atoms with E-state index in [0.717, 1.165) is 9.13 Å². The fourth-order valence-corrected chi connectivity index (χ4v) is 3.04. The number of hydrogen-bond donors (Lipinski definition) is 1. The van der Waals surface area contributed by atoms with Gasteiger partial charge in [0.25, 0.3) is 0 Å². The quantitative estimate of drug-likeness (QED) is 0.420. The minimum absolute atomic E-state index is 0.00926. The van der Waals surface area contributed by atoms with Crippen molar-refractivity contribution in [2.24, 2.45) is 0 Å². The number of carbonyl (C=O) groups is 2. The number of carboxylic acids is 1. The fraction of sp³-hybridized carbons (Fsp3) is 0.333. The number of rotatable bonds is 9. The van der Waals surface area contributed by atoms with E-state index in [9.17, 15) is 14.7 Å². The lowest BCUT2D eigenvalue weighted by molar-refractivity contribution is -0.145. The molecule has 0 saturated heterocycles. The zero-order chi connectivity index (χ0) is 20.6. The molecule has 1 N–H and O–H groups in total. The van der Waals surface area contributed by atoms with E-state index in [0.29, 0.717) is 12.1 Å². The second-order valence-electron chi connectivity index (χ2n) is 6.66. The molecule has 0 heterocycles. The van der Waals surface area contributed by atoms with E-state index in [1.165, 1.54) is 4.90 Å².